The Labute approximate surface area is 171 Å². The number of rotatable bonds is 2. The van der Waals surface area contributed by atoms with Crippen LogP contribution in [0.15, 0.2) is 48.5 Å². The van der Waals surface area contributed by atoms with E-state index in [1.807, 2.05) is 36.4 Å². The van der Waals surface area contributed by atoms with Crippen LogP contribution in [-0.4, -0.2) is 28.9 Å². The molecule has 4 atom stereocenters. The fourth-order valence-corrected chi connectivity index (χ4v) is 5.59. The van der Waals surface area contributed by atoms with Crippen molar-refractivity contribution in [3.05, 3.63) is 70.8 Å². The number of cyclic esters (lactones) is 1. The summed E-state index contributed by atoms with van der Waals surface area (Å²) in [5.41, 5.74) is 3.18. The highest BCUT2D eigenvalue weighted by atomic mass is 16.5. The molecule has 0 N–H and O–H groups in total. The zero-order valence-corrected chi connectivity index (χ0v) is 16.8. The average Bonchev–Trinajstić information content (AvgIpc) is 3.09. The maximum absolute atomic E-state index is 13.4. The molecule has 0 radical (unpaired) electrons. The number of amides is 1. The van der Waals surface area contributed by atoms with E-state index < -0.39 is 0 Å². The first-order valence-electron chi connectivity index (χ1n) is 10.8. The molecular weight excluding hydrogens is 362 g/mol. The average molecular weight is 389 g/mol. The van der Waals surface area contributed by atoms with Gasteiger partial charge in [0.05, 0.1) is 5.56 Å². The molecule has 1 amide bonds. The van der Waals surface area contributed by atoms with Crippen molar-refractivity contribution in [2.75, 3.05) is 0 Å². The van der Waals surface area contributed by atoms with E-state index in [1.165, 1.54) is 19.3 Å². The van der Waals surface area contributed by atoms with E-state index in [2.05, 4.69) is 11.8 Å². The third-order valence-electron chi connectivity index (χ3n) is 6.98. The molecule has 3 aliphatic rings. The molecule has 5 rings (SSSR count). The zero-order valence-electron chi connectivity index (χ0n) is 16.8. The molecule has 2 aromatic rings. The maximum Gasteiger partial charge on any atom is 0.339 e. The van der Waals surface area contributed by atoms with Gasteiger partial charge in [-0.2, -0.15) is 0 Å². The first kappa shape index (κ1) is 18.4. The summed E-state index contributed by atoms with van der Waals surface area (Å²) in [6, 6.07) is 16.0. The van der Waals surface area contributed by atoms with Crippen molar-refractivity contribution in [2.45, 2.75) is 63.6 Å². The van der Waals surface area contributed by atoms with E-state index >= 15 is 0 Å². The first-order chi connectivity index (χ1) is 14.1. The lowest BCUT2D eigenvalue weighted by molar-refractivity contribution is 0.0252. The molecule has 4 unspecified atom stereocenters. The van der Waals surface area contributed by atoms with Crippen molar-refractivity contribution >= 4 is 11.9 Å². The van der Waals surface area contributed by atoms with Crippen molar-refractivity contribution in [1.82, 2.24) is 4.90 Å². The van der Waals surface area contributed by atoms with Crippen LogP contribution < -0.4 is 0 Å². The third kappa shape index (κ3) is 3.25. The smallest absolute Gasteiger partial charge is 0.339 e. The lowest BCUT2D eigenvalue weighted by atomic mass is 9.84. The highest BCUT2D eigenvalue weighted by Crippen LogP contribution is 2.40. The number of benzene rings is 2. The molecular formula is C25H27NO3. The molecule has 1 saturated heterocycles. The van der Waals surface area contributed by atoms with Crippen LogP contribution in [0, 0.1) is 5.92 Å². The second kappa shape index (κ2) is 7.33. The molecule has 2 fully saturated rings. The molecule has 4 nitrogen and oxygen atoms in total. The Morgan fingerprint density at radius 2 is 1.86 bits per heavy atom. The van der Waals surface area contributed by atoms with E-state index in [0.717, 1.165) is 24.0 Å². The Morgan fingerprint density at radius 1 is 1.07 bits per heavy atom. The predicted octanol–water partition coefficient (Wildman–Crippen LogP) is 4.93. The Hall–Kier alpha value is -2.62. The molecule has 0 bridgehead atoms. The quantitative estimate of drug-likeness (QED) is 0.684. The summed E-state index contributed by atoms with van der Waals surface area (Å²) in [5.74, 6) is 0.462. The number of fused-ring (bicyclic) bond motifs is 2. The van der Waals surface area contributed by atoms with E-state index in [0.29, 0.717) is 29.5 Å². The summed E-state index contributed by atoms with van der Waals surface area (Å²) in [7, 11) is 0. The van der Waals surface area contributed by atoms with Crippen LogP contribution in [0.3, 0.4) is 0 Å². The van der Waals surface area contributed by atoms with Crippen LogP contribution >= 0.6 is 0 Å². The Kier molecular flexibility index (Phi) is 4.65. The second-order valence-corrected chi connectivity index (χ2v) is 8.79. The van der Waals surface area contributed by atoms with Crippen molar-refractivity contribution < 1.29 is 14.3 Å². The molecule has 29 heavy (non-hydrogen) atoms. The molecule has 2 aliphatic heterocycles. The van der Waals surface area contributed by atoms with Crippen LogP contribution in [0.2, 0.25) is 0 Å². The number of likely N-dealkylation sites (tertiary alicyclic amines) is 1. The first-order valence-corrected chi connectivity index (χ1v) is 10.8. The summed E-state index contributed by atoms with van der Waals surface area (Å²) in [6.45, 7) is 2.18. The molecule has 0 aromatic heterocycles. The monoisotopic (exact) mass is 389 g/mol. The van der Waals surface area contributed by atoms with Gasteiger partial charge < -0.3 is 9.64 Å². The highest BCUT2D eigenvalue weighted by molar-refractivity contribution is 5.98. The van der Waals surface area contributed by atoms with Gasteiger partial charge in [-0.25, -0.2) is 4.79 Å². The topological polar surface area (TPSA) is 46.6 Å². The molecule has 4 heteroatoms. The van der Waals surface area contributed by atoms with Gasteiger partial charge >= 0.3 is 5.97 Å². The van der Waals surface area contributed by atoms with Gasteiger partial charge in [0.2, 0.25) is 0 Å². The van der Waals surface area contributed by atoms with Crippen LogP contribution in [0.25, 0.3) is 0 Å². The number of hydrogen-bond donors (Lipinski definition) is 0. The minimum Gasteiger partial charge on any atom is -0.454 e. The molecule has 2 heterocycles. The molecule has 1 saturated carbocycles. The summed E-state index contributed by atoms with van der Waals surface area (Å²) in [6.07, 6.45) is 6.29. The fourth-order valence-electron chi connectivity index (χ4n) is 5.59. The SMILES string of the molecule is CC1CC2CCCCC2N1C(=O)c1ccc2c(c1)CC(c1ccccc1)OC2=O. The number of carbonyl (C=O) groups is 2. The van der Waals surface area contributed by atoms with Gasteiger partial charge in [0, 0.05) is 24.1 Å². The molecule has 0 spiro atoms. The van der Waals surface area contributed by atoms with Crippen molar-refractivity contribution in [3.8, 4) is 0 Å². The van der Waals surface area contributed by atoms with E-state index in [9.17, 15) is 9.59 Å². The number of ether oxygens (including phenoxy) is 1. The number of hydrogen-bond acceptors (Lipinski definition) is 3. The van der Waals surface area contributed by atoms with Crippen LogP contribution in [0.5, 0.6) is 0 Å². The summed E-state index contributed by atoms with van der Waals surface area (Å²) in [5, 5.41) is 0. The molecule has 2 aromatic carbocycles. The van der Waals surface area contributed by atoms with Gasteiger partial charge in [-0.1, -0.05) is 43.2 Å². The predicted molar refractivity (Wildman–Crippen MR) is 111 cm³/mol. The van der Waals surface area contributed by atoms with Crippen molar-refractivity contribution in [1.29, 1.82) is 0 Å². The summed E-state index contributed by atoms with van der Waals surface area (Å²) < 4.78 is 5.65. The second-order valence-electron chi connectivity index (χ2n) is 8.79. The minimum atomic E-state index is -0.305. The van der Waals surface area contributed by atoms with Gasteiger partial charge in [-0.3, -0.25) is 4.79 Å². The van der Waals surface area contributed by atoms with Gasteiger partial charge in [0.25, 0.3) is 5.91 Å². The molecule has 150 valence electrons. The van der Waals surface area contributed by atoms with Gasteiger partial charge in [0.15, 0.2) is 0 Å². The Bertz CT molecular complexity index is 938. The zero-order chi connectivity index (χ0) is 20.0. The van der Waals surface area contributed by atoms with Crippen LogP contribution in [-0.2, 0) is 11.2 Å². The summed E-state index contributed by atoms with van der Waals surface area (Å²) >= 11 is 0. The van der Waals surface area contributed by atoms with Crippen molar-refractivity contribution in [3.63, 3.8) is 0 Å². The van der Waals surface area contributed by atoms with Gasteiger partial charge in [0.1, 0.15) is 6.10 Å². The van der Waals surface area contributed by atoms with E-state index in [1.54, 1.807) is 12.1 Å². The summed E-state index contributed by atoms with van der Waals surface area (Å²) in [4.78, 5) is 28.1. The van der Waals surface area contributed by atoms with E-state index in [4.69, 9.17) is 4.74 Å². The Balaban J connectivity index is 1.43. The molecule has 1 aliphatic carbocycles. The lowest BCUT2D eigenvalue weighted by Gasteiger charge is -2.33. The van der Waals surface area contributed by atoms with E-state index in [-0.39, 0.29) is 24.0 Å². The van der Waals surface area contributed by atoms with Crippen molar-refractivity contribution in [2.24, 2.45) is 5.92 Å². The van der Waals surface area contributed by atoms with Crippen LogP contribution in [0.1, 0.15) is 77.0 Å². The Morgan fingerprint density at radius 3 is 2.69 bits per heavy atom. The number of esters is 1. The lowest BCUT2D eigenvalue weighted by Crippen LogP contribution is -2.42. The van der Waals surface area contributed by atoms with Gasteiger partial charge in [-0.15, -0.1) is 0 Å². The largest absolute Gasteiger partial charge is 0.454 e. The highest BCUT2D eigenvalue weighted by Gasteiger charge is 2.43. The normalized spacial score (nSPS) is 28.4. The fraction of sp³-hybridized carbons (Fsp3) is 0.440. The number of nitrogens with zero attached hydrogens (tertiary/aromatic N) is 1. The standard InChI is InChI=1S/C25H27NO3/c1-16-13-18-9-5-6-10-22(18)26(16)24(27)19-11-12-21-20(14-19)15-23(29-25(21)28)17-7-3-2-4-8-17/h2-4,7-8,11-12,14,16,18,22-23H,5-6,9-10,13,15H2,1H3. The third-order valence-corrected chi connectivity index (χ3v) is 6.98. The maximum atomic E-state index is 13.4. The van der Waals surface area contributed by atoms with Crippen LogP contribution in [0.4, 0.5) is 0 Å². The van der Waals surface area contributed by atoms with Gasteiger partial charge in [-0.05, 0) is 61.4 Å². The minimum absolute atomic E-state index is 0.116. The number of carbonyl (C=O) groups excluding carboxylic acids is 2.